The summed E-state index contributed by atoms with van der Waals surface area (Å²) in [5.74, 6) is -0.251. The van der Waals surface area contributed by atoms with Crippen LogP contribution in [0, 0.1) is 0 Å². The van der Waals surface area contributed by atoms with Crippen molar-refractivity contribution in [2.24, 2.45) is 5.73 Å². The van der Waals surface area contributed by atoms with Crippen LogP contribution in [0.5, 0.6) is 0 Å². The summed E-state index contributed by atoms with van der Waals surface area (Å²) in [6, 6.07) is 7.42. The monoisotopic (exact) mass is 239 g/mol. The van der Waals surface area contributed by atoms with E-state index in [1.165, 1.54) is 0 Å². The summed E-state index contributed by atoms with van der Waals surface area (Å²) in [4.78, 5) is 11.6. The zero-order valence-electron chi connectivity index (χ0n) is 9.07. The number of rotatable bonds is 3. The minimum atomic E-state index is -0.830. The first-order chi connectivity index (χ1) is 7.58. The van der Waals surface area contributed by atoms with Gasteiger partial charge >= 0.3 is 5.97 Å². The lowest BCUT2D eigenvalue weighted by Gasteiger charge is -2.10. The zero-order chi connectivity index (χ0) is 11.8. The summed E-state index contributed by atoms with van der Waals surface area (Å²) in [5.41, 5.74) is 6.20. The van der Waals surface area contributed by atoms with Crippen LogP contribution in [0.25, 0.3) is 0 Å². The van der Waals surface area contributed by atoms with Crippen molar-refractivity contribution in [1.82, 2.24) is 0 Å². The van der Waals surface area contributed by atoms with Gasteiger partial charge in [-0.15, -0.1) is 0 Å². The number of hydrogen-bond donors (Lipinski definition) is 1. The van der Waals surface area contributed by atoms with Gasteiger partial charge in [-0.1, -0.05) is 23.7 Å². The van der Waals surface area contributed by atoms with Crippen LogP contribution < -0.4 is 5.73 Å². The molecule has 0 bridgehead atoms. The van der Waals surface area contributed by atoms with Crippen molar-refractivity contribution in [3.63, 3.8) is 0 Å². The second-order valence-electron chi connectivity index (χ2n) is 4.07. The van der Waals surface area contributed by atoms with Gasteiger partial charge in [0, 0.05) is 10.9 Å². The van der Waals surface area contributed by atoms with Crippen molar-refractivity contribution in [2.75, 3.05) is 6.61 Å². The van der Waals surface area contributed by atoms with Gasteiger partial charge in [-0.05, 0) is 31.0 Å². The fourth-order valence-corrected chi connectivity index (χ4v) is 2.01. The first-order valence-corrected chi connectivity index (χ1v) is 5.67. The second-order valence-corrected chi connectivity index (χ2v) is 4.51. The Bertz CT molecular complexity index is 404. The molecular weight excluding hydrogens is 226 g/mol. The molecule has 1 aromatic rings. The van der Waals surface area contributed by atoms with Gasteiger partial charge in [-0.3, -0.25) is 4.79 Å². The lowest BCUT2D eigenvalue weighted by molar-refractivity contribution is -0.145. The Morgan fingerprint density at radius 1 is 1.56 bits per heavy atom. The third-order valence-corrected chi connectivity index (χ3v) is 3.18. The fraction of sp³-hybridized carbons (Fsp3) is 0.417. The van der Waals surface area contributed by atoms with E-state index in [1.807, 2.05) is 12.1 Å². The minimum absolute atomic E-state index is 0.0591. The first-order valence-electron chi connectivity index (χ1n) is 5.29. The highest BCUT2D eigenvalue weighted by molar-refractivity contribution is 6.30. The third kappa shape index (κ3) is 1.93. The maximum absolute atomic E-state index is 11.6. The summed E-state index contributed by atoms with van der Waals surface area (Å²) in [5, 5.41) is 0.683. The Kier molecular flexibility index (Phi) is 2.91. The molecule has 0 amide bonds. The Morgan fingerprint density at radius 2 is 2.19 bits per heavy atom. The van der Waals surface area contributed by atoms with Crippen LogP contribution in [0.4, 0.5) is 0 Å². The molecule has 2 unspecified atom stereocenters. The van der Waals surface area contributed by atoms with Gasteiger partial charge in [0.05, 0.1) is 6.61 Å². The summed E-state index contributed by atoms with van der Waals surface area (Å²) in [6.07, 6.45) is 0.646. The predicted octanol–water partition coefficient (Wildman–Crippen LogP) is 2.09. The molecule has 2 atom stereocenters. The normalized spacial score (nSPS) is 27.6. The molecule has 2 N–H and O–H groups in total. The van der Waals surface area contributed by atoms with E-state index in [9.17, 15) is 4.79 Å². The van der Waals surface area contributed by atoms with E-state index < -0.39 is 5.54 Å². The average Bonchev–Trinajstić information content (AvgIpc) is 2.94. The topological polar surface area (TPSA) is 52.3 Å². The highest BCUT2D eigenvalue weighted by atomic mass is 35.5. The number of hydrogen-bond acceptors (Lipinski definition) is 3. The molecule has 16 heavy (non-hydrogen) atoms. The van der Waals surface area contributed by atoms with Gasteiger partial charge in [0.25, 0.3) is 0 Å². The van der Waals surface area contributed by atoms with Crippen molar-refractivity contribution in [3.05, 3.63) is 34.9 Å². The van der Waals surface area contributed by atoms with E-state index in [0.717, 1.165) is 5.56 Å². The smallest absolute Gasteiger partial charge is 0.326 e. The van der Waals surface area contributed by atoms with Crippen LogP contribution in [0.2, 0.25) is 5.02 Å². The van der Waals surface area contributed by atoms with Crippen LogP contribution in [0.15, 0.2) is 24.3 Å². The maximum atomic E-state index is 11.6. The standard InChI is InChI=1S/C12H14ClNO2/c1-2-16-11(15)12(14)7-10(12)8-3-5-9(13)6-4-8/h3-6,10H,2,7,14H2,1H3. The van der Waals surface area contributed by atoms with Crippen molar-refractivity contribution in [1.29, 1.82) is 0 Å². The number of esters is 1. The quantitative estimate of drug-likeness (QED) is 0.822. The molecule has 0 heterocycles. The fourth-order valence-electron chi connectivity index (χ4n) is 1.88. The summed E-state index contributed by atoms with van der Waals surface area (Å²) >= 11 is 5.80. The molecule has 4 heteroatoms. The van der Waals surface area contributed by atoms with Gasteiger partial charge in [0.2, 0.25) is 0 Å². The molecule has 1 fully saturated rings. The van der Waals surface area contributed by atoms with Gasteiger partial charge < -0.3 is 10.5 Å². The SMILES string of the molecule is CCOC(=O)C1(N)CC1c1ccc(Cl)cc1. The number of benzene rings is 1. The van der Waals surface area contributed by atoms with E-state index in [0.29, 0.717) is 18.1 Å². The molecule has 0 radical (unpaired) electrons. The minimum Gasteiger partial charge on any atom is -0.465 e. The lowest BCUT2D eigenvalue weighted by Crippen LogP contribution is -2.36. The molecule has 2 rings (SSSR count). The lowest BCUT2D eigenvalue weighted by atomic mass is 10.1. The van der Waals surface area contributed by atoms with Crippen LogP contribution in [-0.4, -0.2) is 18.1 Å². The van der Waals surface area contributed by atoms with Gasteiger partial charge in [-0.2, -0.15) is 0 Å². The molecule has 1 aromatic carbocycles. The third-order valence-electron chi connectivity index (χ3n) is 2.93. The van der Waals surface area contributed by atoms with Crippen LogP contribution in [0.3, 0.4) is 0 Å². The summed E-state index contributed by atoms with van der Waals surface area (Å²) in [7, 11) is 0. The van der Waals surface area contributed by atoms with E-state index in [1.54, 1.807) is 19.1 Å². The molecule has 0 aromatic heterocycles. The van der Waals surface area contributed by atoms with E-state index in [4.69, 9.17) is 22.1 Å². The molecule has 86 valence electrons. The van der Waals surface area contributed by atoms with Crippen LogP contribution in [-0.2, 0) is 9.53 Å². The van der Waals surface area contributed by atoms with Crippen molar-refractivity contribution >= 4 is 17.6 Å². The molecule has 0 aliphatic heterocycles. The number of carbonyl (C=O) groups excluding carboxylic acids is 1. The number of ether oxygens (including phenoxy) is 1. The van der Waals surface area contributed by atoms with Crippen molar-refractivity contribution < 1.29 is 9.53 Å². The first kappa shape index (κ1) is 11.4. The van der Waals surface area contributed by atoms with Crippen LogP contribution in [0.1, 0.15) is 24.8 Å². The Balaban J connectivity index is 2.10. The maximum Gasteiger partial charge on any atom is 0.326 e. The van der Waals surface area contributed by atoms with Crippen molar-refractivity contribution in [3.8, 4) is 0 Å². The predicted molar refractivity (Wildman–Crippen MR) is 62.4 cm³/mol. The number of carbonyl (C=O) groups is 1. The Hall–Kier alpha value is -1.06. The van der Waals surface area contributed by atoms with Gasteiger partial charge in [0.15, 0.2) is 0 Å². The number of halogens is 1. The van der Waals surface area contributed by atoms with E-state index in [-0.39, 0.29) is 11.9 Å². The van der Waals surface area contributed by atoms with Crippen LogP contribution >= 0.6 is 11.6 Å². The van der Waals surface area contributed by atoms with E-state index >= 15 is 0 Å². The van der Waals surface area contributed by atoms with Crippen molar-refractivity contribution in [2.45, 2.75) is 24.8 Å². The largest absolute Gasteiger partial charge is 0.465 e. The summed E-state index contributed by atoms with van der Waals surface area (Å²) in [6.45, 7) is 2.14. The molecule has 3 nitrogen and oxygen atoms in total. The molecule has 0 spiro atoms. The molecule has 1 aliphatic carbocycles. The van der Waals surface area contributed by atoms with Gasteiger partial charge in [-0.25, -0.2) is 0 Å². The molecular formula is C12H14ClNO2. The average molecular weight is 240 g/mol. The van der Waals surface area contributed by atoms with Gasteiger partial charge in [0.1, 0.15) is 5.54 Å². The number of nitrogens with two attached hydrogens (primary N) is 1. The second kappa shape index (κ2) is 4.07. The van der Waals surface area contributed by atoms with E-state index in [2.05, 4.69) is 0 Å². The Labute approximate surface area is 99.5 Å². The molecule has 1 aliphatic rings. The Morgan fingerprint density at radius 3 is 2.75 bits per heavy atom. The highest BCUT2D eigenvalue weighted by Crippen LogP contribution is 2.50. The highest BCUT2D eigenvalue weighted by Gasteiger charge is 2.58. The summed E-state index contributed by atoms with van der Waals surface area (Å²) < 4.78 is 4.95. The zero-order valence-corrected chi connectivity index (χ0v) is 9.83. The molecule has 1 saturated carbocycles. The molecule has 0 saturated heterocycles.